The van der Waals surface area contributed by atoms with Gasteiger partial charge < -0.3 is 10.1 Å². The van der Waals surface area contributed by atoms with E-state index < -0.39 is 16.4 Å². The van der Waals surface area contributed by atoms with Crippen LogP contribution in [-0.4, -0.2) is 43.2 Å². The van der Waals surface area contributed by atoms with Gasteiger partial charge in [-0.1, -0.05) is 30.3 Å². The minimum atomic E-state index is -4.76. The highest BCUT2D eigenvalue weighted by atomic mass is 32.2. The van der Waals surface area contributed by atoms with Crippen LogP contribution in [0.3, 0.4) is 0 Å². The number of anilines is 1. The zero-order valence-corrected chi connectivity index (χ0v) is 15.7. The molecule has 6 nitrogen and oxygen atoms in total. The number of ether oxygens (including phenoxy) is 1. The summed E-state index contributed by atoms with van der Waals surface area (Å²) < 4.78 is 66.9. The number of pyridine rings is 1. The SMILES string of the molecule is O=S(=O)(Cc1ccccc1)N1CCC(Nc2ccc(OC(F)(F)F)cn2)CC1. The third-order valence-corrected chi connectivity index (χ3v) is 6.21. The van der Waals surface area contributed by atoms with Crippen LogP contribution < -0.4 is 10.1 Å². The smallest absolute Gasteiger partial charge is 0.404 e. The number of hydrogen-bond acceptors (Lipinski definition) is 5. The zero-order chi connectivity index (χ0) is 20.2. The average molecular weight is 415 g/mol. The molecule has 152 valence electrons. The second kappa shape index (κ2) is 8.36. The Kier molecular flexibility index (Phi) is 6.09. The molecular weight excluding hydrogens is 395 g/mol. The molecule has 1 aromatic carbocycles. The van der Waals surface area contributed by atoms with E-state index in [-0.39, 0.29) is 17.5 Å². The molecule has 2 aromatic rings. The molecule has 1 aliphatic rings. The first kappa shape index (κ1) is 20.4. The predicted octanol–water partition coefficient (Wildman–Crippen LogP) is 3.39. The van der Waals surface area contributed by atoms with E-state index in [0.29, 0.717) is 31.7 Å². The van der Waals surface area contributed by atoms with E-state index in [1.54, 1.807) is 24.3 Å². The maximum Gasteiger partial charge on any atom is 0.573 e. The van der Waals surface area contributed by atoms with Crippen LogP contribution >= 0.6 is 0 Å². The van der Waals surface area contributed by atoms with E-state index in [4.69, 9.17) is 0 Å². The molecule has 1 fully saturated rings. The van der Waals surface area contributed by atoms with Crippen molar-refractivity contribution in [2.45, 2.75) is 31.0 Å². The number of halogens is 3. The Morgan fingerprint density at radius 3 is 2.36 bits per heavy atom. The van der Waals surface area contributed by atoms with Gasteiger partial charge in [0, 0.05) is 19.1 Å². The fourth-order valence-corrected chi connectivity index (χ4v) is 4.59. The lowest BCUT2D eigenvalue weighted by Gasteiger charge is -2.32. The monoisotopic (exact) mass is 415 g/mol. The summed E-state index contributed by atoms with van der Waals surface area (Å²) in [6, 6.07) is 11.6. The number of nitrogens with zero attached hydrogens (tertiary/aromatic N) is 2. The summed E-state index contributed by atoms with van der Waals surface area (Å²) in [5.74, 6) is -0.00580. The molecular formula is C18H20F3N3O3S. The maximum atomic E-state index is 12.6. The third-order valence-electron chi connectivity index (χ3n) is 4.36. The van der Waals surface area contributed by atoms with Crippen molar-refractivity contribution in [1.82, 2.24) is 9.29 Å². The van der Waals surface area contributed by atoms with Gasteiger partial charge in [0.05, 0.1) is 11.9 Å². The first-order chi connectivity index (χ1) is 13.2. The molecule has 10 heteroatoms. The summed E-state index contributed by atoms with van der Waals surface area (Å²) in [6.07, 6.45) is -2.60. The minimum Gasteiger partial charge on any atom is -0.404 e. The fourth-order valence-electron chi connectivity index (χ4n) is 3.02. The van der Waals surface area contributed by atoms with Crippen LogP contribution in [0.2, 0.25) is 0 Å². The van der Waals surface area contributed by atoms with E-state index >= 15 is 0 Å². The first-order valence-corrected chi connectivity index (χ1v) is 10.3. The van der Waals surface area contributed by atoms with Gasteiger partial charge in [-0.15, -0.1) is 13.2 Å². The van der Waals surface area contributed by atoms with E-state index in [0.717, 1.165) is 11.8 Å². The van der Waals surface area contributed by atoms with Crippen molar-refractivity contribution >= 4 is 15.8 Å². The predicted molar refractivity (Wildman–Crippen MR) is 98.2 cm³/mol. The Morgan fingerprint density at radius 1 is 1.11 bits per heavy atom. The summed E-state index contributed by atoms with van der Waals surface area (Å²) in [5, 5.41) is 3.12. The summed E-state index contributed by atoms with van der Waals surface area (Å²) in [4.78, 5) is 3.91. The molecule has 1 aliphatic heterocycles. The number of nitrogens with one attached hydrogen (secondary N) is 1. The Labute approximate surface area is 161 Å². The topological polar surface area (TPSA) is 71.5 Å². The van der Waals surface area contributed by atoms with E-state index in [2.05, 4.69) is 15.0 Å². The Morgan fingerprint density at radius 2 is 1.79 bits per heavy atom. The number of sulfonamides is 1. The van der Waals surface area contributed by atoms with Crippen LogP contribution in [-0.2, 0) is 15.8 Å². The molecule has 28 heavy (non-hydrogen) atoms. The first-order valence-electron chi connectivity index (χ1n) is 8.71. The lowest BCUT2D eigenvalue weighted by molar-refractivity contribution is -0.274. The molecule has 1 aromatic heterocycles. The normalized spacial score (nSPS) is 16.7. The van der Waals surface area contributed by atoms with Gasteiger partial charge in [-0.05, 0) is 30.5 Å². The Bertz CT molecular complexity index is 866. The van der Waals surface area contributed by atoms with Gasteiger partial charge >= 0.3 is 6.36 Å². The van der Waals surface area contributed by atoms with Crippen LogP contribution in [0.4, 0.5) is 19.0 Å². The molecule has 1 saturated heterocycles. The van der Waals surface area contributed by atoms with Crippen LogP contribution in [0, 0.1) is 0 Å². The minimum absolute atomic E-state index is 0.00920. The Hall–Kier alpha value is -2.33. The Balaban J connectivity index is 1.51. The van der Waals surface area contributed by atoms with Crippen LogP contribution in [0.5, 0.6) is 5.75 Å². The fraction of sp³-hybridized carbons (Fsp3) is 0.389. The molecule has 0 aliphatic carbocycles. The van der Waals surface area contributed by atoms with E-state index in [1.807, 2.05) is 6.07 Å². The van der Waals surface area contributed by atoms with Gasteiger partial charge in [-0.2, -0.15) is 0 Å². The molecule has 0 unspecified atom stereocenters. The third kappa shape index (κ3) is 5.83. The molecule has 0 spiro atoms. The largest absolute Gasteiger partial charge is 0.573 e. The number of aromatic nitrogens is 1. The van der Waals surface area contributed by atoms with Gasteiger partial charge in [0.1, 0.15) is 11.6 Å². The summed E-state index contributed by atoms with van der Waals surface area (Å²) >= 11 is 0. The summed E-state index contributed by atoms with van der Waals surface area (Å²) in [5.41, 5.74) is 0.744. The van der Waals surface area contributed by atoms with E-state index in [9.17, 15) is 21.6 Å². The molecule has 0 bridgehead atoms. The van der Waals surface area contributed by atoms with Crippen molar-refractivity contribution in [3.63, 3.8) is 0 Å². The molecule has 1 N–H and O–H groups in total. The van der Waals surface area contributed by atoms with Crippen molar-refractivity contribution < 1.29 is 26.3 Å². The number of rotatable bonds is 6. The summed E-state index contributed by atoms with van der Waals surface area (Å²) in [6.45, 7) is 0.754. The highest BCUT2D eigenvalue weighted by molar-refractivity contribution is 7.88. The number of benzene rings is 1. The van der Waals surface area contributed by atoms with Crippen molar-refractivity contribution in [3.8, 4) is 5.75 Å². The van der Waals surface area contributed by atoms with Gasteiger partial charge in [0.15, 0.2) is 0 Å². The van der Waals surface area contributed by atoms with Gasteiger partial charge in [-0.3, -0.25) is 0 Å². The molecule has 0 amide bonds. The summed E-state index contributed by atoms with van der Waals surface area (Å²) in [7, 11) is -3.39. The molecule has 3 rings (SSSR count). The van der Waals surface area contributed by atoms with Crippen LogP contribution in [0.15, 0.2) is 48.7 Å². The van der Waals surface area contributed by atoms with Crippen LogP contribution in [0.1, 0.15) is 18.4 Å². The quantitative estimate of drug-likeness (QED) is 0.783. The lowest BCUT2D eigenvalue weighted by atomic mass is 10.1. The lowest BCUT2D eigenvalue weighted by Crippen LogP contribution is -2.42. The second-order valence-electron chi connectivity index (χ2n) is 6.49. The molecule has 0 atom stereocenters. The average Bonchev–Trinajstić information content (AvgIpc) is 2.63. The number of hydrogen-bond donors (Lipinski definition) is 1. The number of alkyl halides is 3. The highest BCUT2D eigenvalue weighted by Crippen LogP contribution is 2.24. The van der Waals surface area contributed by atoms with Crippen molar-refractivity contribution in [1.29, 1.82) is 0 Å². The number of piperidine rings is 1. The molecule has 0 saturated carbocycles. The van der Waals surface area contributed by atoms with Gasteiger partial charge in [0.25, 0.3) is 0 Å². The van der Waals surface area contributed by atoms with Crippen LogP contribution in [0.25, 0.3) is 0 Å². The van der Waals surface area contributed by atoms with Crippen molar-refractivity contribution in [3.05, 3.63) is 54.2 Å². The van der Waals surface area contributed by atoms with Crippen molar-refractivity contribution in [2.24, 2.45) is 0 Å². The van der Waals surface area contributed by atoms with Gasteiger partial charge in [0.2, 0.25) is 10.0 Å². The zero-order valence-electron chi connectivity index (χ0n) is 14.9. The highest BCUT2D eigenvalue weighted by Gasteiger charge is 2.31. The standard InChI is InChI=1S/C18H20F3N3O3S/c19-18(20,21)27-16-6-7-17(22-12-16)23-15-8-10-24(11-9-15)28(25,26)13-14-4-2-1-3-5-14/h1-7,12,15H,8-11,13H2,(H,22,23). The molecule has 0 radical (unpaired) electrons. The van der Waals surface area contributed by atoms with Crippen molar-refractivity contribution in [2.75, 3.05) is 18.4 Å². The van der Waals surface area contributed by atoms with E-state index in [1.165, 1.54) is 16.4 Å². The maximum absolute atomic E-state index is 12.6. The van der Waals surface area contributed by atoms with Gasteiger partial charge in [-0.25, -0.2) is 17.7 Å². The second-order valence-corrected chi connectivity index (χ2v) is 8.46. The molecule has 2 heterocycles.